The van der Waals surface area contributed by atoms with Crippen LogP contribution in [0.2, 0.25) is 0 Å². The van der Waals surface area contributed by atoms with Gasteiger partial charge in [-0.3, -0.25) is 4.79 Å². The number of hydrogen-bond acceptors (Lipinski definition) is 3. The first-order valence-corrected chi connectivity index (χ1v) is 8.08. The van der Waals surface area contributed by atoms with E-state index >= 15 is 0 Å². The summed E-state index contributed by atoms with van der Waals surface area (Å²) in [5.41, 5.74) is 3.27. The summed E-state index contributed by atoms with van der Waals surface area (Å²) in [4.78, 5) is 12.3. The van der Waals surface area contributed by atoms with Crippen LogP contribution in [-0.4, -0.2) is 11.8 Å². The zero-order chi connectivity index (χ0) is 15.5. The smallest absolute Gasteiger partial charge is 0.258 e. The first-order chi connectivity index (χ1) is 10.6. The van der Waals surface area contributed by atoms with Crippen molar-refractivity contribution in [1.29, 1.82) is 0 Å². The summed E-state index contributed by atoms with van der Waals surface area (Å²) in [6.45, 7) is 4.08. The fraction of sp³-hybridized carbons (Fsp3) is 0.167. The Bertz CT molecular complexity index is 735. The van der Waals surface area contributed by atoms with E-state index in [0.717, 1.165) is 27.5 Å². The van der Waals surface area contributed by atoms with Gasteiger partial charge in [-0.2, -0.15) is 0 Å². The number of ether oxygens (including phenoxy) is 1. The molecule has 1 amide bonds. The monoisotopic (exact) mass is 311 g/mol. The SMILES string of the molecule is Cc1ccc(C)c(Oc2ccc(C=C3SCNC3=O)cc2)c1. The number of thioether (sulfide) groups is 1. The molecule has 112 valence electrons. The molecule has 2 aromatic rings. The predicted octanol–water partition coefficient (Wildman–Crippen LogP) is 4.26. The van der Waals surface area contributed by atoms with Gasteiger partial charge in [0.1, 0.15) is 11.5 Å². The standard InChI is InChI=1S/C18H17NO2S/c1-12-3-4-13(2)16(9-12)21-15-7-5-14(6-8-15)10-17-18(20)19-11-22-17/h3-10H,11H2,1-2H3,(H,19,20). The van der Waals surface area contributed by atoms with E-state index < -0.39 is 0 Å². The Hall–Kier alpha value is -2.20. The molecule has 0 spiro atoms. The van der Waals surface area contributed by atoms with E-state index in [9.17, 15) is 4.79 Å². The van der Waals surface area contributed by atoms with Crippen molar-refractivity contribution in [3.8, 4) is 11.5 Å². The summed E-state index contributed by atoms with van der Waals surface area (Å²) < 4.78 is 5.93. The summed E-state index contributed by atoms with van der Waals surface area (Å²) in [5, 5.41) is 2.78. The number of amides is 1. The first kappa shape index (κ1) is 14.7. The quantitative estimate of drug-likeness (QED) is 0.861. The van der Waals surface area contributed by atoms with Gasteiger partial charge in [0, 0.05) is 0 Å². The van der Waals surface area contributed by atoms with E-state index in [1.54, 1.807) is 0 Å². The highest BCUT2D eigenvalue weighted by Crippen LogP contribution is 2.28. The molecule has 0 radical (unpaired) electrons. The van der Waals surface area contributed by atoms with Crippen LogP contribution in [0.5, 0.6) is 11.5 Å². The summed E-state index contributed by atoms with van der Waals surface area (Å²) in [6.07, 6.45) is 1.90. The van der Waals surface area contributed by atoms with E-state index in [0.29, 0.717) is 5.88 Å². The van der Waals surface area contributed by atoms with E-state index in [1.807, 2.05) is 50.3 Å². The number of carbonyl (C=O) groups excluding carboxylic acids is 1. The Morgan fingerprint density at radius 3 is 2.59 bits per heavy atom. The van der Waals surface area contributed by atoms with Crippen LogP contribution in [0.4, 0.5) is 0 Å². The lowest BCUT2D eigenvalue weighted by atomic mass is 10.1. The molecule has 4 heteroatoms. The third-order valence-electron chi connectivity index (χ3n) is 3.43. The average molecular weight is 311 g/mol. The number of rotatable bonds is 3. The van der Waals surface area contributed by atoms with E-state index in [1.165, 1.54) is 17.3 Å². The summed E-state index contributed by atoms with van der Waals surface area (Å²) in [6, 6.07) is 13.9. The third-order valence-corrected chi connectivity index (χ3v) is 4.34. The maximum atomic E-state index is 11.5. The maximum absolute atomic E-state index is 11.5. The van der Waals surface area contributed by atoms with Gasteiger partial charge in [-0.1, -0.05) is 36.0 Å². The number of aryl methyl sites for hydroxylation is 2. The number of nitrogens with one attached hydrogen (secondary N) is 1. The van der Waals surface area contributed by atoms with Crippen molar-refractivity contribution < 1.29 is 9.53 Å². The van der Waals surface area contributed by atoms with Crippen LogP contribution in [0.1, 0.15) is 16.7 Å². The Kier molecular flexibility index (Phi) is 4.20. The van der Waals surface area contributed by atoms with Gasteiger partial charge < -0.3 is 10.1 Å². The van der Waals surface area contributed by atoms with Gasteiger partial charge in [-0.15, -0.1) is 0 Å². The molecule has 0 aromatic heterocycles. The molecule has 1 heterocycles. The van der Waals surface area contributed by atoms with Gasteiger partial charge in [-0.05, 0) is 54.8 Å². The van der Waals surface area contributed by atoms with Crippen LogP contribution in [0.15, 0.2) is 47.4 Å². The second-order valence-corrected chi connectivity index (χ2v) is 6.26. The largest absolute Gasteiger partial charge is 0.457 e. The van der Waals surface area contributed by atoms with Gasteiger partial charge in [0.15, 0.2) is 0 Å². The minimum absolute atomic E-state index is 0.000659. The van der Waals surface area contributed by atoms with Crippen LogP contribution >= 0.6 is 11.8 Å². The molecule has 1 fully saturated rings. The maximum Gasteiger partial charge on any atom is 0.258 e. The molecule has 3 nitrogen and oxygen atoms in total. The second-order valence-electron chi connectivity index (χ2n) is 5.24. The fourth-order valence-electron chi connectivity index (χ4n) is 2.17. The molecule has 1 aliphatic heterocycles. The Morgan fingerprint density at radius 2 is 1.91 bits per heavy atom. The lowest BCUT2D eigenvalue weighted by molar-refractivity contribution is -0.116. The van der Waals surface area contributed by atoms with Crippen molar-refractivity contribution in [2.24, 2.45) is 0 Å². The van der Waals surface area contributed by atoms with Crippen molar-refractivity contribution in [3.05, 3.63) is 64.1 Å². The summed E-state index contributed by atoms with van der Waals surface area (Å²) >= 11 is 1.52. The Labute approximate surface area is 134 Å². The highest BCUT2D eigenvalue weighted by Gasteiger charge is 2.16. The molecule has 0 bridgehead atoms. The van der Waals surface area contributed by atoms with Crippen LogP contribution in [-0.2, 0) is 4.79 Å². The molecule has 1 saturated heterocycles. The normalized spacial score (nSPS) is 15.9. The minimum atomic E-state index is 0.000659. The molecule has 1 N–H and O–H groups in total. The van der Waals surface area contributed by atoms with Gasteiger partial charge in [0.2, 0.25) is 0 Å². The molecule has 0 aliphatic carbocycles. The van der Waals surface area contributed by atoms with Crippen LogP contribution < -0.4 is 10.1 Å². The second kappa shape index (κ2) is 6.28. The van der Waals surface area contributed by atoms with Crippen LogP contribution in [0, 0.1) is 13.8 Å². The Balaban J connectivity index is 1.77. The lowest BCUT2D eigenvalue weighted by Crippen LogP contribution is -2.13. The van der Waals surface area contributed by atoms with E-state index in [-0.39, 0.29) is 5.91 Å². The molecule has 3 rings (SSSR count). The molecule has 0 atom stereocenters. The van der Waals surface area contributed by atoms with Crippen molar-refractivity contribution in [1.82, 2.24) is 5.32 Å². The number of carbonyl (C=O) groups is 1. The Morgan fingerprint density at radius 1 is 1.14 bits per heavy atom. The van der Waals surface area contributed by atoms with Crippen molar-refractivity contribution in [2.75, 3.05) is 5.88 Å². The molecule has 0 unspecified atom stereocenters. The third kappa shape index (κ3) is 3.34. The number of hydrogen-bond donors (Lipinski definition) is 1. The molecule has 0 saturated carbocycles. The molecule has 1 aliphatic rings. The topological polar surface area (TPSA) is 38.3 Å². The van der Waals surface area contributed by atoms with Gasteiger partial charge >= 0.3 is 0 Å². The zero-order valence-corrected chi connectivity index (χ0v) is 13.4. The molecular formula is C18H17NO2S. The van der Waals surface area contributed by atoms with E-state index in [2.05, 4.69) is 17.4 Å². The lowest BCUT2D eigenvalue weighted by Gasteiger charge is -2.09. The first-order valence-electron chi connectivity index (χ1n) is 7.10. The highest BCUT2D eigenvalue weighted by molar-refractivity contribution is 8.04. The predicted molar refractivity (Wildman–Crippen MR) is 91.0 cm³/mol. The van der Waals surface area contributed by atoms with Crippen molar-refractivity contribution >= 4 is 23.7 Å². The van der Waals surface area contributed by atoms with Crippen molar-refractivity contribution in [3.63, 3.8) is 0 Å². The highest BCUT2D eigenvalue weighted by atomic mass is 32.2. The molecule has 22 heavy (non-hydrogen) atoms. The summed E-state index contributed by atoms with van der Waals surface area (Å²) in [5.74, 6) is 2.32. The minimum Gasteiger partial charge on any atom is -0.457 e. The van der Waals surface area contributed by atoms with Gasteiger partial charge in [0.05, 0.1) is 10.8 Å². The van der Waals surface area contributed by atoms with Crippen molar-refractivity contribution in [2.45, 2.75) is 13.8 Å². The average Bonchev–Trinajstić information content (AvgIpc) is 2.90. The van der Waals surface area contributed by atoms with Gasteiger partial charge in [-0.25, -0.2) is 0 Å². The van der Waals surface area contributed by atoms with E-state index in [4.69, 9.17) is 4.74 Å². The number of benzene rings is 2. The zero-order valence-electron chi connectivity index (χ0n) is 12.6. The fourth-order valence-corrected chi connectivity index (χ4v) is 2.95. The summed E-state index contributed by atoms with van der Waals surface area (Å²) in [7, 11) is 0. The van der Waals surface area contributed by atoms with Gasteiger partial charge in [0.25, 0.3) is 5.91 Å². The van der Waals surface area contributed by atoms with Crippen LogP contribution in [0.3, 0.4) is 0 Å². The van der Waals surface area contributed by atoms with Crippen LogP contribution in [0.25, 0.3) is 6.08 Å². The molecular weight excluding hydrogens is 294 g/mol. The molecule has 2 aromatic carbocycles.